The highest BCUT2D eigenvalue weighted by Crippen LogP contribution is 2.33. The monoisotopic (exact) mass is 509 g/mol. The molecule has 4 rings (SSSR count). The molecule has 2 aromatic carbocycles. The predicted octanol–water partition coefficient (Wildman–Crippen LogP) is 3.66. The SMILES string of the molecule is CCOC(=O)c1nnn(CC(=O)N2N=C(c3ccc(Cl)cc3)C[C@@H]2c2ccccc2)c1C(=O)OCC. The van der Waals surface area contributed by atoms with Gasteiger partial charge in [0, 0.05) is 11.4 Å². The highest BCUT2D eigenvalue weighted by molar-refractivity contribution is 6.30. The highest BCUT2D eigenvalue weighted by atomic mass is 35.5. The standard InChI is InChI=1S/C25H24ClN5O5/c1-3-35-24(33)22-23(25(34)36-4-2)30(29-27-22)15-21(32)31-20(17-8-6-5-7-9-17)14-19(28-31)16-10-12-18(26)13-11-16/h5-13,20H,3-4,14-15H2,1-2H3/t20-/m1/s1. The number of aromatic nitrogens is 3. The second-order valence-electron chi connectivity index (χ2n) is 7.81. The molecule has 0 unspecified atom stereocenters. The first kappa shape index (κ1) is 25.1. The molecule has 0 N–H and O–H groups in total. The molecule has 0 radical (unpaired) electrons. The van der Waals surface area contributed by atoms with Gasteiger partial charge in [0.2, 0.25) is 5.69 Å². The van der Waals surface area contributed by atoms with Crippen molar-refractivity contribution in [3.63, 3.8) is 0 Å². The molecule has 1 aliphatic rings. The summed E-state index contributed by atoms with van der Waals surface area (Å²) >= 11 is 6.03. The van der Waals surface area contributed by atoms with E-state index in [0.717, 1.165) is 15.8 Å². The molecule has 0 aliphatic carbocycles. The maximum Gasteiger partial charge on any atom is 0.361 e. The minimum absolute atomic E-state index is 0.0666. The third-order valence-corrected chi connectivity index (χ3v) is 5.74. The molecule has 0 spiro atoms. The van der Waals surface area contributed by atoms with E-state index in [0.29, 0.717) is 17.2 Å². The average molecular weight is 510 g/mol. The predicted molar refractivity (Wildman–Crippen MR) is 131 cm³/mol. The molecule has 0 fully saturated rings. The summed E-state index contributed by atoms with van der Waals surface area (Å²) in [5.41, 5.74) is 1.89. The van der Waals surface area contributed by atoms with Crippen LogP contribution >= 0.6 is 11.6 Å². The lowest BCUT2D eigenvalue weighted by Gasteiger charge is -2.22. The van der Waals surface area contributed by atoms with E-state index in [1.807, 2.05) is 42.5 Å². The number of hydrazone groups is 1. The second-order valence-corrected chi connectivity index (χ2v) is 8.24. The number of halogens is 1. The van der Waals surface area contributed by atoms with Crippen molar-refractivity contribution in [2.24, 2.45) is 5.10 Å². The van der Waals surface area contributed by atoms with E-state index in [1.54, 1.807) is 26.0 Å². The molecular formula is C25H24ClN5O5. The van der Waals surface area contributed by atoms with Crippen molar-refractivity contribution in [1.82, 2.24) is 20.0 Å². The van der Waals surface area contributed by atoms with Gasteiger partial charge in [0.1, 0.15) is 6.54 Å². The van der Waals surface area contributed by atoms with Gasteiger partial charge in [-0.05, 0) is 37.1 Å². The number of hydrogen-bond donors (Lipinski definition) is 0. The van der Waals surface area contributed by atoms with Crippen LogP contribution in [0.5, 0.6) is 0 Å². The Morgan fingerprint density at radius 3 is 2.31 bits per heavy atom. The van der Waals surface area contributed by atoms with Crippen LogP contribution in [0.2, 0.25) is 5.02 Å². The molecule has 0 bridgehead atoms. The molecule has 2 heterocycles. The van der Waals surface area contributed by atoms with Crippen LogP contribution in [0, 0.1) is 0 Å². The Kier molecular flexibility index (Phi) is 7.74. The minimum Gasteiger partial charge on any atom is -0.461 e. The average Bonchev–Trinajstić information content (AvgIpc) is 3.50. The first-order valence-corrected chi connectivity index (χ1v) is 11.8. The Bertz CT molecular complexity index is 1290. The van der Waals surface area contributed by atoms with Crippen LogP contribution in [-0.2, 0) is 20.8 Å². The Morgan fingerprint density at radius 2 is 1.64 bits per heavy atom. The minimum atomic E-state index is -0.829. The fourth-order valence-electron chi connectivity index (χ4n) is 3.85. The third-order valence-electron chi connectivity index (χ3n) is 5.49. The van der Waals surface area contributed by atoms with Crippen molar-refractivity contribution in [1.29, 1.82) is 0 Å². The maximum atomic E-state index is 13.5. The van der Waals surface area contributed by atoms with E-state index >= 15 is 0 Å². The summed E-state index contributed by atoms with van der Waals surface area (Å²) < 4.78 is 11.1. The maximum absolute atomic E-state index is 13.5. The summed E-state index contributed by atoms with van der Waals surface area (Å²) in [6, 6.07) is 16.4. The molecule has 0 saturated carbocycles. The first-order valence-electron chi connectivity index (χ1n) is 11.4. The Labute approximate surface area is 212 Å². The van der Waals surface area contributed by atoms with Crippen LogP contribution in [-0.4, -0.2) is 56.8 Å². The zero-order chi connectivity index (χ0) is 25.7. The van der Waals surface area contributed by atoms with Gasteiger partial charge in [-0.2, -0.15) is 5.10 Å². The number of carbonyl (C=O) groups excluding carboxylic acids is 3. The van der Waals surface area contributed by atoms with Crippen LogP contribution in [0.15, 0.2) is 59.7 Å². The number of hydrogen-bond acceptors (Lipinski definition) is 8. The number of carbonyl (C=O) groups is 3. The van der Waals surface area contributed by atoms with Crippen molar-refractivity contribution in [3.8, 4) is 0 Å². The van der Waals surface area contributed by atoms with Crippen molar-refractivity contribution < 1.29 is 23.9 Å². The van der Waals surface area contributed by atoms with Gasteiger partial charge in [-0.1, -0.05) is 59.3 Å². The number of ether oxygens (including phenoxy) is 2. The number of esters is 2. The van der Waals surface area contributed by atoms with Crippen molar-refractivity contribution in [2.45, 2.75) is 32.9 Å². The molecule has 1 aromatic heterocycles. The van der Waals surface area contributed by atoms with Crippen LogP contribution < -0.4 is 0 Å². The molecule has 1 amide bonds. The van der Waals surface area contributed by atoms with E-state index in [-0.39, 0.29) is 37.2 Å². The Hall–Kier alpha value is -4.05. The molecule has 36 heavy (non-hydrogen) atoms. The summed E-state index contributed by atoms with van der Waals surface area (Å²) in [4.78, 5) is 38.4. The normalized spacial score (nSPS) is 14.9. The fraction of sp³-hybridized carbons (Fsp3) is 0.280. The van der Waals surface area contributed by atoms with Crippen LogP contribution in [0.25, 0.3) is 0 Å². The quantitative estimate of drug-likeness (QED) is 0.425. The van der Waals surface area contributed by atoms with Gasteiger partial charge >= 0.3 is 11.9 Å². The second kappa shape index (κ2) is 11.1. The number of rotatable bonds is 8. The van der Waals surface area contributed by atoms with Gasteiger partial charge in [0.05, 0.1) is 25.0 Å². The number of benzene rings is 2. The summed E-state index contributed by atoms with van der Waals surface area (Å²) in [5.74, 6) is -2.10. The summed E-state index contributed by atoms with van der Waals surface area (Å²) in [5, 5.41) is 14.2. The van der Waals surface area contributed by atoms with Gasteiger partial charge in [-0.25, -0.2) is 19.3 Å². The molecule has 186 valence electrons. The summed E-state index contributed by atoms with van der Waals surface area (Å²) in [7, 11) is 0. The highest BCUT2D eigenvalue weighted by Gasteiger charge is 2.35. The number of amides is 1. The smallest absolute Gasteiger partial charge is 0.361 e. The summed E-state index contributed by atoms with van der Waals surface area (Å²) in [6.45, 7) is 3.02. The van der Waals surface area contributed by atoms with E-state index in [9.17, 15) is 14.4 Å². The molecular weight excluding hydrogens is 486 g/mol. The third kappa shape index (κ3) is 5.28. The lowest BCUT2D eigenvalue weighted by molar-refractivity contribution is -0.133. The zero-order valence-corrected chi connectivity index (χ0v) is 20.5. The fourth-order valence-corrected chi connectivity index (χ4v) is 3.98. The van der Waals surface area contributed by atoms with Crippen molar-refractivity contribution >= 4 is 35.2 Å². The molecule has 11 heteroatoms. The van der Waals surface area contributed by atoms with Gasteiger partial charge in [-0.3, -0.25) is 4.79 Å². The lowest BCUT2D eigenvalue weighted by Crippen LogP contribution is -2.32. The van der Waals surface area contributed by atoms with Gasteiger partial charge in [-0.15, -0.1) is 5.10 Å². The van der Waals surface area contributed by atoms with Crippen LogP contribution in [0.1, 0.15) is 58.4 Å². The van der Waals surface area contributed by atoms with Crippen molar-refractivity contribution in [3.05, 3.63) is 82.1 Å². The van der Waals surface area contributed by atoms with E-state index in [2.05, 4.69) is 15.4 Å². The lowest BCUT2D eigenvalue weighted by atomic mass is 9.98. The van der Waals surface area contributed by atoms with E-state index < -0.39 is 17.8 Å². The Balaban J connectivity index is 1.67. The molecule has 3 aromatic rings. The molecule has 0 saturated heterocycles. The van der Waals surface area contributed by atoms with Crippen LogP contribution in [0.3, 0.4) is 0 Å². The van der Waals surface area contributed by atoms with Gasteiger partial charge in [0.25, 0.3) is 5.91 Å². The summed E-state index contributed by atoms with van der Waals surface area (Å²) in [6.07, 6.45) is 0.480. The largest absolute Gasteiger partial charge is 0.461 e. The topological polar surface area (TPSA) is 116 Å². The molecule has 1 aliphatic heterocycles. The van der Waals surface area contributed by atoms with E-state index in [1.165, 1.54) is 5.01 Å². The van der Waals surface area contributed by atoms with E-state index in [4.69, 9.17) is 21.1 Å². The van der Waals surface area contributed by atoms with Crippen LogP contribution in [0.4, 0.5) is 0 Å². The zero-order valence-electron chi connectivity index (χ0n) is 19.8. The van der Waals surface area contributed by atoms with Crippen molar-refractivity contribution in [2.75, 3.05) is 13.2 Å². The molecule has 10 nitrogen and oxygen atoms in total. The molecule has 1 atom stereocenters. The number of nitrogens with zero attached hydrogens (tertiary/aromatic N) is 5. The Morgan fingerprint density at radius 1 is 0.972 bits per heavy atom. The first-order chi connectivity index (χ1) is 17.4. The van der Waals surface area contributed by atoms with Gasteiger partial charge < -0.3 is 9.47 Å². The van der Waals surface area contributed by atoms with Gasteiger partial charge in [0.15, 0.2) is 5.69 Å².